The Hall–Kier alpha value is -1.72. The van der Waals surface area contributed by atoms with Crippen molar-refractivity contribution in [2.24, 2.45) is 13.0 Å². The molecule has 0 saturated heterocycles. The van der Waals surface area contributed by atoms with E-state index in [-0.39, 0.29) is 18.2 Å². The third-order valence-corrected chi connectivity index (χ3v) is 2.09. The van der Waals surface area contributed by atoms with Crippen molar-refractivity contribution < 1.29 is 4.79 Å². The van der Waals surface area contributed by atoms with Gasteiger partial charge in [0.25, 0.3) is 5.56 Å². The molecule has 6 heteroatoms. The summed E-state index contributed by atoms with van der Waals surface area (Å²) < 4.78 is 2.06. The van der Waals surface area contributed by atoms with Crippen LogP contribution < -0.4 is 11.2 Å². The molecule has 0 unspecified atom stereocenters. The summed E-state index contributed by atoms with van der Waals surface area (Å²) in [4.78, 5) is 34.6. The second-order valence-electron chi connectivity index (χ2n) is 4.12. The molecule has 16 heavy (non-hydrogen) atoms. The fourth-order valence-corrected chi connectivity index (χ4v) is 1.37. The lowest BCUT2D eigenvalue weighted by Crippen LogP contribution is -2.44. The summed E-state index contributed by atoms with van der Waals surface area (Å²) >= 11 is 0. The van der Waals surface area contributed by atoms with E-state index in [2.05, 4.69) is 5.10 Å². The minimum absolute atomic E-state index is 0.146. The van der Waals surface area contributed by atoms with E-state index < -0.39 is 17.0 Å². The number of aromatic nitrogens is 3. The lowest BCUT2D eigenvalue weighted by Gasteiger charge is -2.09. The van der Waals surface area contributed by atoms with Gasteiger partial charge in [0.05, 0.1) is 0 Å². The van der Waals surface area contributed by atoms with E-state index in [4.69, 9.17) is 0 Å². The van der Waals surface area contributed by atoms with Crippen molar-refractivity contribution in [2.45, 2.75) is 27.3 Å². The van der Waals surface area contributed by atoms with Crippen LogP contribution in [-0.4, -0.2) is 20.1 Å². The van der Waals surface area contributed by atoms with E-state index in [1.165, 1.54) is 14.0 Å². The lowest BCUT2D eigenvalue weighted by atomic mass is 10.2. The number of carbonyl (C=O) groups is 1. The van der Waals surface area contributed by atoms with E-state index in [1.54, 1.807) is 0 Å². The molecular weight excluding hydrogens is 210 g/mol. The zero-order valence-corrected chi connectivity index (χ0v) is 9.85. The van der Waals surface area contributed by atoms with E-state index in [0.29, 0.717) is 0 Å². The number of hydrogen-bond acceptors (Lipinski definition) is 4. The first-order valence-corrected chi connectivity index (χ1v) is 5.03. The number of carbonyl (C=O) groups excluding carboxylic acids is 1. The molecule has 0 spiro atoms. The number of hydrogen-bond donors (Lipinski definition) is 0. The minimum atomic E-state index is -0.607. The van der Waals surface area contributed by atoms with Crippen LogP contribution in [0.5, 0.6) is 0 Å². The maximum Gasteiger partial charge on any atom is 0.347 e. The van der Waals surface area contributed by atoms with Crippen LogP contribution in [0.1, 0.15) is 31.3 Å². The summed E-state index contributed by atoms with van der Waals surface area (Å²) in [6.45, 7) is 5.32. The van der Waals surface area contributed by atoms with Crippen molar-refractivity contribution in [3.63, 3.8) is 0 Å². The zero-order chi connectivity index (χ0) is 12.5. The molecule has 0 bridgehead atoms. The maximum absolute atomic E-state index is 11.8. The molecule has 0 aliphatic carbocycles. The van der Waals surface area contributed by atoms with Crippen LogP contribution >= 0.6 is 0 Å². The van der Waals surface area contributed by atoms with Gasteiger partial charge in [0, 0.05) is 20.5 Å². The first-order chi connectivity index (χ1) is 7.34. The highest BCUT2D eigenvalue weighted by atomic mass is 16.2. The summed E-state index contributed by atoms with van der Waals surface area (Å²) in [5, 5.41) is 3.66. The van der Waals surface area contributed by atoms with Crippen LogP contribution in [0.4, 0.5) is 0 Å². The molecule has 0 aromatic carbocycles. The van der Waals surface area contributed by atoms with Crippen LogP contribution in [0.15, 0.2) is 9.59 Å². The van der Waals surface area contributed by atoms with Crippen molar-refractivity contribution in [2.75, 3.05) is 0 Å². The van der Waals surface area contributed by atoms with Crippen LogP contribution in [0, 0.1) is 5.92 Å². The molecule has 6 nitrogen and oxygen atoms in total. The Bertz CT molecular complexity index is 525. The van der Waals surface area contributed by atoms with Crippen LogP contribution in [0.25, 0.3) is 0 Å². The Morgan fingerprint density at radius 2 is 1.94 bits per heavy atom. The third kappa shape index (κ3) is 2.26. The Morgan fingerprint density at radius 1 is 1.38 bits per heavy atom. The molecular formula is C10H15N3O3. The van der Waals surface area contributed by atoms with Crippen LogP contribution in [0.3, 0.4) is 0 Å². The zero-order valence-electron chi connectivity index (χ0n) is 9.85. The molecule has 0 aliphatic rings. The summed E-state index contributed by atoms with van der Waals surface area (Å²) in [7, 11) is 1.42. The highest BCUT2D eigenvalue weighted by Gasteiger charge is 2.15. The molecule has 1 heterocycles. The SMILES string of the molecule is CC(=O)c1nn(C)c(=O)n(CC(C)C)c1=O. The monoisotopic (exact) mass is 225 g/mol. The van der Waals surface area contributed by atoms with Gasteiger partial charge in [0.1, 0.15) is 0 Å². The van der Waals surface area contributed by atoms with Gasteiger partial charge in [0.2, 0.25) is 0 Å². The molecule has 0 atom stereocenters. The first-order valence-electron chi connectivity index (χ1n) is 5.03. The molecule has 0 N–H and O–H groups in total. The second-order valence-corrected chi connectivity index (χ2v) is 4.12. The minimum Gasteiger partial charge on any atom is -0.292 e. The van der Waals surface area contributed by atoms with Crippen molar-refractivity contribution in [3.8, 4) is 0 Å². The fourth-order valence-electron chi connectivity index (χ4n) is 1.37. The number of ketones is 1. The van der Waals surface area contributed by atoms with E-state index in [9.17, 15) is 14.4 Å². The largest absolute Gasteiger partial charge is 0.347 e. The fraction of sp³-hybridized carbons (Fsp3) is 0.600. The van der Waals surface area contributed by atoms with Crippen molar-refractivity contribution in [3.05, 3.63) is 26.5 Å². The van der Waals surface area contributed by atoms with E-state index >= 15 is 0 Å². The summed E-state index contributed by atoms with van der Waals surface area (Å²) in [5.74, 6) is -0.286. The molecule has 1 aromatic heterocycles. The normalized spacial score (nSPS) is 10.8. The predicted molar refractivity (Wildman–Crippen MR) is 58.6 cm³/mol. The van der Waals surface area contributed by atoms with Gasteiger partial charge in [-0.15, -0.1) is 0 Å². The molecule has 0 radical (unpaired) electrons. The van der Waals surface area contributed by atoms with Crippen LogP contribution in [-0.2, 0) is 13.6 Å². The van der Waals surface area contributed by atoms with Gasteiger partial charge in [-0.1, -0.05) is 13.8 Å². The van der Waals surface area contributed by atoms with Crippen molar-refractivity contribution in [1.29, 1.82) is 0 Å². The molecule has 88 valence electrons. The molecule has 1 aromatic rings. The highest BCUT2D eigenvalue weighted by Crippen LogP contribution is 1.93. The van der Waals surface area contributed by atoms with Crippen molar-refractivity contribution in [1.82, 2.24) is 14.3 Å². The van der Waals surface area contributed by atoms with Gasteiger partial charge in [-0.25, -0.2) is 9.48 Å². The summed E-state index contributed by atoms with van der Waals surface area (Å²) in [6.07, 6.45) is 0. The van der Waals surface area contributed by atoms with Gasteiger partial charge in [-0.05, 0) is 5.92 Å². The number of rotatable bonds is 3. The average Bonchev–Trinajstić information content (AvgIpc) is 2.17. The number of aryl methyl sites for hydroxylation is 1. The van der Waals surface area contributed by atoms with Gasteiger partial charge >= 0.3 is 5.69 Å². The van der Waals surface area contributed by atoms with Gasteiger partial charge < -0.3 is 0 Å². The number of nitrogens with zero attached hydrogens (tertiary/aromatic N) is 3. The molecule has 0 saturated carbocycles. The van der Waals surface area contributed by atoms with Gasteiger partial charge in [0.15, 0.2) is 11.5 Å². The Kier molecular flexibility index (Phi) is 3.41. The quantitative estimate of drug-likeness (QED) is 0.668. The standard InChI is InChI=1S/C10H15N3O3/c1-6(2)5-13-9(15)8(7(3)14)11-12(4)10(13)16/h6H,5H2,1-4H3. The maximum atomic E-state index is 11.8. The predicted octanol–water partition coefficient (Wildman–Crippen LogP) is -0.199. The first kappa shape index (κ1) is 12.4. The van der Waals surface area contributed by atoms with Crippen LogP contribution in [0.2, 0.25) is 0 Å². The van der Waals surface area contributed by atoms with Gasteiger partial charge in [-0.3, -0.25) is 14.2 Å². The highest BCUT2D eigenvalue weighted by molar-refractivity contribution is 5.91. The third-order valence-electron chi connectivity index (χ3n) is 2.09. The topological polar surface area (TPSA) is 74.0 Å². The number of Topliss-reactive ketones (excluding diaryl/α,β-unsaturated/α-hetero) is 1. The van der Waals surface area contributed by atoms with Crippen molar-refractivity contribution >= 4 is 5.78 Å². The lowest BCUT2D eigenvalue weighted by molar-refractivity contribution is 0.100. The van der Waals surface area contributed by atoms with E-state index in [0.717, 1.165) is 9.25 Å². The molecule has 0 aliphatic heterocycles. The average molecular weight is 225 g/mol. The smallest absolute Gasteiger partial charge is 0.292 e. The Labute approximate surface area is 92.5 Å². The summed E-state index contributed by atoms with van der Waals surface area (Å²) in [5.41, 5.74) is -1.30. The van der Waals surface area contributed by atoms with Gasteiger partial charge in [-0.2, -0.15) is 5.10 Å². The Balaban J connectivity index is 3.53. The second kappa shape index (κ2) is 4.42. The molecule has 1 rings (SSSR count). The molecule has 0 amide bonds. The Morgan fingerprint density at radius 3 is 2.38 bits per heavy atom. The van der Waals surface area contributed by atoms with E-state index in [1.807, 2.05) is 13.8 Å². The summed E-state index contributed by atoms with van der Waals surface area (Å²) in [6, 6.07) is 0. The molecule has 0 fully saturated rings.